The van der Waals surface area contributed by atoms with Crippen molar-refractivity contribution < 1.29 is 4.74 Å². The number of likely N-dealkylation sites (N-methyl/N-ethyl adjacent to an activating group) is 1. The highest BCUT2D eigenvalue weighted by atomic mass is 35.5. The fourth-order valence-corrected chi connectivity index (χ4v) is 3.80. The number of halogens is 2. The van der Waals surface area contributed by atoms with Crippen molar-refractivity contribution in [1.82, 2.24) is 10.2 Å². The third-order valence-corrected chi connectivity index (χ3v) is 5.14. The van der Waals surface area contributed by atoms with Gasteiger partial charge in [0.1, 0.15) is 0 Å². The van der Waals surface area contributed by atoms with E-state index in [1.165, 1.54) is 0 Å². The molecule has 1 fully saturated rings. The normalized spacial score (nSPS) is 20.9. The van der Waals surface area contributed by atoms with Gasteiger partial charge in [-0.3, -0.25) is 4.99 Å². The zero-order chi connectivity index (χ0) is 15.6. The van der Waals surface area contributed by atoms with Crippen LogP contribution in [-0.4, -0.2) is 50.8 Å². The molecule has 0 saturated carbocycles. The van der Waals surface area contributed by atoms with Crippen molar-refractivity contribution in [3.05, 3.63) is 33.8 Å². The van der Waals surface area contributed by atoms with E-state index in [1.807, 2.05) is 12.1 Å². The molecule has 6 heteroatoms. The van der Waals surface area contributed by atoms with E-state index in [4.69, 9.17) is 27.9 Å². The third-order valence-electron chi connectivity index (χ3n) is 4.60. The fourth-order valence-electron chi connectivity index (χ4n) is 3.19. The largest absolute Gasteiger partial charge is 0.381 e. The summed E-state index contributed by atoms with van der Waals surface area (Å²) in [6.07, 6.45) is 1.89. The van der Waals surface area contributed by atoms with Gasteiger partial charge in [-0.15, -0.1) is 0 Å². The number of hydrogen-bond acceptors (Lipinski definition) is 4. The number of nitrogens with zero attached hydrogens (tertiary/aromatic N) is 2. The Morgan fingerprint density at radius 2 is 2.09 bits per heavy atom. The van der Waals surface area contributed by atoms with E-state index in [-0.39, 0.29) is 5.41 Å². The second-order valence-corrected chi connectivity index (χ2v) is 6.84. The summed E-state index contributed by atoms with van der Waals surface area (Å²) in [6.45, 7) is 4.14. The molecule has 3 rings (SSSR count). The number of benzene rings is 1. The minimum absolute atomic E-state index is 0.0358. The van der Waals surface area contributed by atoms with E-state index < -0.39 is 0 Å². The Bertz CT molecular complexity index is 571. The van der Waals surface area contributed by atoms with E-state index >= 15 is 0 Å². The van der Waals surface area contributed by atoms with Crippen molar-refractivity contribution in [3.8, 4) is 0 Å². The van der Waals surface area contributed by atoms with Gasteiger partial charge in [0, 0.05) is 48.8 Å². The molecular formula is C16H21Cl2N3O. The molecule has 120 valence electrons. The monoisotopic (exact) mass is 341 g/mol. The highest BCUT2D eigenvalue weighted by molar-refractivity contribution is 6.35. The molecule has 22 heavy (non-hydrogen) atoms. The lowest BCUT2D eigenvalue weighted by atomic mass is 9.74. The molecule has 0 radical (unpaired) electrons. The minimum atomic E-state index is -0.0358. The van der Waals surface area contributed by atoms with Gasteiger partial charge in [-0.1, -0.05) is 29.3 Å². The van der Waals surface area contributed by atoms with E-state index in [9.17, 15) is 0 Å². The molecule has 1 aromatic rings. The first-order chi connectivity index (χ1) is 10.6. The average molecular weight is 342 g/mol. The molecule has 0 atom stereocenters. The molecule has 0 unspecified atom stereocenters. The average Bonchev–Trinajstić information content (AvgIpc) is 2.91. The molecule has 0 bridgehead atoms. The molecule has 0 aromatic heterocycles. The first-order valence-corrected chi connectivity index (χ1v) is 8.39. The van der Waals surface area contributed by atoms with E-state index in [0.717, 1.165) is 62.2 Å². The van der Waals surface area contributed by atoms with E-state index in [0.29, 0.717) is 5.02 Å². The molecule has 2 heterocycles. The Labute approximate surface area is 141 Å². The standard InChI is InChI=1S/C16H21Cl2N3O/c1-21-7-6-19-15(21)20-11-16(4-8-22-9-5-16)13-3-2-12(17)10-14(13)18/h2-3,10H,4-9,11H2,1H3,(H,19,20). The lowest BCUT2D eigenvalue weighted by Crippen LogP contribution is -2.47. The van der Waals surface area contributed by atoms with Gasteiger partial charge >= 0.3 is 0 Å². The molecule has 0 spiro atoms. The van der Waals surface area contributed by atoms with Crippen LogP contribution in [0.5, 0.6) is 0 Å². The highest BCUT2D eigenvalue weighted by Crippen LogP contribution is 2.39. The smallest absolute Gasteiger partial charge is 0.193 e. The first kappa shape index (κ1) is 15.9. The van der Waals surface area contributed by atoms with Crippen LogP contribution in [0.15, 0.2) is 23.2 Å². The number of nitrogens with one attached hydrogen (secondary N) is 1. The molecule has 2 aliphatic heterocycles. The zero-order valence-electron chi connectivity index (χ0n) is 12.7. The summed E-state index contributed by atoms with van der Waals surface area (Å²) in [7, 11) is 2.06. The maximum absolute atomic E-state index is 6.48. The van der Waals surface area contributed by atoms with E-state index in [2.05, 4.69) is 28.3 Å². The van der Waals surface area contributed by atoms with Gasteiger partial charge in [-0.2, -0.15) is 0 Å². The zero-order valence-corrected chi connectivity index (χ0v) is 14.3. The number of guanidine groups is 1. The van der Waals surface area contributed by atoms with Gasteiger partial charge in [0.2, 0.25) is 0 Å². The van der Waals surface area contributed by atoms with Crippen LogP contribution in [0.1, 0.15) is 18.4 Å². The molecule has 0 aliphatic carbocycles. The number of aliphatic imine (C=N–C) groups is 1. The Balaban J connectivity index is 1.84. The highest BCUT2D eigenvalue weighted by Gasteiger charge is 2.36. The van der Waals surface area contributed by atoms with Crippen molar-refractivity contribution in [2.75, 3.05) is 39.9 Å². The van der Waals surface area contributed by atoms with Gasteiger partial charge in [0.05, 0.1) is 6.54 Å². The molecule has 0 amide bonds. The Morgan fingerprint density at radius 1 is 1.32 bits per heavy atom. The van der Waals surface area contributed by atoms with Crippen LogP contribution in [0.3, 0.4) is 0 Å². The van der Waals surface area contributed by atoms with E-state index in [1.54, 1.807) is 0 Å². The molecule has 1 N–H and O–H groups in total. The number of hydrogen-bond donors (Lipinski definition) is 1. The summed E-state index contributed by atoms with van der Waals surface area (Å²) in [5, 5.41) is 4.92. The number of rotatable bonds is 3. The SMILES string of the molecule is CN1CCN=C1NCC1(c2ccc(Cl)cc2Cl)CCOCC1. The van der Waals surface area contributed by atoms with Crippen LogP contribution in [0.4, 0.5) is 0 Å². The molecular weight excluding hydrogens is 321 g/mol. The van der Waals surface area contributed by atoms with Crippen LogP contribution in [0, 0.1) is 0 Å². The van der Waals surface area contributed by atoms with Crippen LogP contribution in [-0.2, 0) is 10.2 Å². The summed E-state index contributed by atoms with van der Waals surface area (Å²) >= 11 is 12.5. The summed E-state index contributed by atoms with van der Waals surface area (Å²) in [6, 6.07) is 5.80. The molecule has 1 saturated heterocycles. The molecule has 2 aliphatic rings. The third kappa shape index (κ3) is 3.19. The van der Waals surface area contributed by atoms with Crippen molar-refractivity contribution in [2.24, 2.45) is 4.99 Å². The molecule has 4 nitrogen and oxygen atoms in total. The van der Waals surface area contributed by atoms with Crippen LogP contribution >= 0.6 is 23.2 Å². The number of ether oxygens (including phenoxy) is 1. The second kappa shape index (κ2) is 6.65. The Morgan fingerprint density at radius 3 is 2.73 bits per heavy atom. The molecule has 1 aromatic carbocycles. The van der Waals surface area contributed by atoms with Crippen molar-refractivity contribution >= 4 is 29.2 Å². The quantitative estimate of drug-likeness (QED) is 0.918. The fraction of sp³-hybridized carbons (Fsp3) is 0.562. The summed E-state index contributed by atoms with van der Waals surface area (Å²) in [5.41, 5.74) is 1.11. The maximum Gasteiger partial charge on any atom is 0.193 e. The minimum Gasteiger partial charge on any atom is -0.381 e. The van der Waals surface area contributed by atoms with Gasteiger partial charge in [0.25, 0.3) is 0 Å². The van der Waals surface area contributed by atoms with Gasteiger partial charge in [-0.25, -0.2) is 0 Å². The van der Waals surface area contributed by atoms with Gasteiger partial charge < -0.3 is 15.0 Å². The second-order valence-electron chi connectivity index (χ2n) is 6.00. The predicted octanol–water partition coefficient (Wildman–Crippen LogP) is 2.93. The first-order valence-electron chi connectivity index (χ1n) is 7.63. The summed E-state index contributed by atoms with van der Waals surface area (Å²) in [5.74, 6) is 0.968. The Kier molecular flexibility index (Phi) is 4.81. The summed E-state index contributed by atoms with van der Waals surface area (Å²) in [4.78, 5) is 6.66. The summed E-state index contributed by atoms with van der Waals surface area (Å²) < 4.78 is 5.57. The van der Waals surface area contributed by atoms with Gasteiger partial charge in [0.15, 0.2) is 5.96 Å². The van der Waals surface area contributed by atoms with Crippen LogP contribution in [0.25, 0.3) is 0 Å². The predicted molar refractivity (Wildman–Crippen MR) is 91.1 cm³/mol. The van der Waals surface area contributed by atoms with Crippen molar-refractivity contribution in [3.63, 3.8) is 0 Å². The maximum atomic E-state index is 6.48. The topological polar surface area (TPSA) is 36.9 Å². The Hall–Kier alpha value is -0.970. The van der Waals surface area contributed by atoms with Gasteiger partial charge in [-0.05, 0) is 30.5 Å². The van der Waals surface area contributed by atoms with Crippen molar-refractivity contribution in [1.29, 1.82) is 0 Å². The lowest BCUT2D eigenvalue weighted by Gasteiger charge is -2.39. The van der Waals surface area contributed by atoms with Crippen molar-refractivity contribution in [2.45, 2.75) is 18.3 Å². The lowest BCUT2D eigenvalue weighted by molar-refractivity contribution is 0.0513. The van der Waals surface area contributed by atoms with Crippen LogP contribution < -0.4 is 5.32 Å². The van der Waals surface area contributed by atoms with Crippen LogP contribution in [0.2, 0.25) is 10.0 Å².